The average molecular weight is 474 g/mol. The lowest BCUT2D eigenvalue weighted by Gasteiger charge is -2.37. The van der Waals surface area contributed by atoms with Crippen LogP contribution in [-0.2, 0) is 15.5 Å². The maximum absolute atomic E-state index is 10.3. The van der Waals surface area contributed by atoms with Crippen molar-refractivity contribution in [3.05, 3.63) is 54.2 Å². The minimum atomic E-state index is -0.932. The van der Waals surface area contributed by atoms with Crippen molar-refractivity contribution in [3.63, 3.8) is 0 Å². The molecule has 0 spiro atoms. The fourth-order valence-corrected chi connectivity index (χ4v) is 3.08. The SMILES string of the molecule is CC(C)(C)c1nc(-c2ccc(-c3ccc(BOC(C)(C)C(C)(C)O)cc3)nc2)nc(C(C)(C)C)n1. The second-order valence-corrected chi connectivity index (χ2v) is 12.3. The van der Waals surface area contributed by atoms with Crippen LogP contribution in [0.1, 0.15) is 80.9 Å². The molecule has 0 fully saturated rings. The zero-order valence-electron chi connectivity index (χ0n) is 22.9. The summed E-state index contributed by atoms with van der Waals surface area (Å²) >= 11 is 0. The first-order chi connectivity index (χ1) is 16.0. The Labute approximate surface area is 210 Å². The minimum Gasteiger partial charge on any atom is -0.427 e. The number of hydrogen-bond acceptors (Lipinski definition) is 6. The maximum Gasteiger partial charge on any atom is 0.309 e. The van der Waals surface area contributed by atoms with Gasteiger partial charge in [-0.25, -0.2) is 15.0 Å². The molecule has 0 aliphatic heterocycles. The molecule has 6 nitrogen and oxygen atoms in total. The molecule has 186 valence electrons. The molecular formula is C28H39BN4O2. The lowest BCUT2D eigenvalue weighted by atomic mass is 9.82. The van der Waals surface area contributed by atoms with Crippen LogP contribution in [-0.4, -0.2) is 43.7 Å². The largest absolute Gasteiger partial charge is 0.427 e. The molecule has 0 atom stereocenters. The molecule has 0 aliphatic carbocycles. The van der Waals surface area contributed by atoms with Crippen LogP contribution >= 0.6 is 0 Å². The fourth-order valence-electron chi connectivity index (χ4n) is 3.08. The van der Waals surface area contributed by atoms with Gasteiger partial charge in [-0.1, -0.05) is 71.3 Å². The van der Waals surface area contributed by atoms with Crippen LogP contribution in [0.4, 0.5) is 0 Å². The molecule has 2 heterocycles. The molecule has 0 aliphatic rings. The van der Waals surface area contributed by atoms with Gasteiger partial charge >= 0.3 is 7.48 Å². The Hall–Kier alpha value is -2.64. The predicted molar refractivity (Wildman–Crippen MR) is 144 cm³/mol. The van der Waals surface area contributed by atoms with Gasteiger partial charge in [-0.2, -0.15) is 0 Å². The monoisotopic (exact) mass is 474 g/mol. The number of hydrogen-bond donors (Lipinski definition) is 1. The topological polar surface area (TPSA) is 81.0 Å². The third-order valence-electron chi connectivity index (χ3n) is 6.32. The summed E-state index contributed by atoms with van der Waals surface area (Å²) in [6.45, 7) is 20.0. The van der Waals surface area contributed by atoms with Crippen molar-refractivity contribution in [1.82, 2.24) is 19.9 Å². The van der Waals surface area contributed by atoms with Crippen LogP contribution in [0.3, 0.4) is 0 Å². The number of pyridine rings is 1. The molecule has 0 radical (unpaired) electrons. The van der Waals surface area contributed by atoms with Gasteiger partial charge in [0.2, 0.25) is 0 Å². The molecule has 3 rings (SSSR count). The Morgan fingerprint density at radius 2 is 1.20 bits per heavy atom. The van der Waals surface area contributed by atoms with Crippen molar-refractivity contribution in [2.24, 2.45) is 0 Å². The van der Waals surface area contributed by atoms with Crippen LogP contribution in [0, 0.1) is 0 Å². The zero-order valence-corrected chi connectivity index (χ0v) is 22.9. The van der Waals surface area contributed by atoms with Crippen molar-refractivity contribution in [2.45, 2.75) is 91.3 Å². The zero-order chi connectivity index (χ0) is 26.2. The van der Waals surface area contributed by atoms with Gasteiger partial charge in [-0.05, 0) is 39.8 Å². The highest BCUT2D eigenvalue weighted by Crippen LogP contribution is 2.27. The average Bonchev–Trinajstić information content (AvgIpc) is 2.76. The molecule has 0 bridgehead atoms. The van der Waals surface area contributed by atoms with E-state index >= 15 is 0 Å². The van der Waals surface area contributed by atoms with Gasteiger partial charge in [0.15, 0.2) is 5.82 Å². The van der Waals surface area contributed by atoms with E-state index in [4.69, 9.17) is 24.6 Å². The van der Waals surface area contributed by atoms with E-state index in [2.05, 4.69) is 41.5 Å². The highest BCUT2D eigenvalue weighted by molar-refractivity contribution is 6.47. The Balaban J connectivity index is 1.82. The van der Waals surface area contributed by atoms with E-state index in [0.29, 0.717) is 13.3 Å². The van der Waals surface area contributed by atoms with Gasteiger partial charge < -0.3 is 9.76 Å². The van der Waals surface area contributed by atoms with E-state index in [9.17, 15) is 5.11 Å². The lowest BCUT2D eigenvalue weighted by Crippen LogP contribution is -2.49. The van der Waals surface area contributed by atoms with E-state index in [1.54, 1.807) is 13.8 Å². The molecule has 0 unspecified atom stereocenters. The van der Waals surface area contributed by atoms with E-state index in [1.165, 1.54) is 0 Å². The summed E-state index contributed by atoms with van der Waals surface area (Å²) in [4.78, 5) is 19.0. The Morgan fingerprint density at radius 3 is 1.63 bits per heavy atom. The van der Waals surface area contributed by atoms with Crippen LogP contribution < -0.4 is 5.46 Å². The lowest BCUT2D eigenvalue weighted by molar-refractivity contribution is -0.0893. The Kier molecular flexibility index (Phi) is 7.27. The summed E-state index contributed by atoms with van der Waals surface area (Å²) in [6.07, 6.45) is 1.83. The molecule has 0 saturated heterocycles. The first-order valence-electron chi connectivity index (χ1n) is 12.2. The molecule has 35 heavy (non-hydrogen) atoms. The van der Waals surface area contributed by atoms with Gasteiger partial charge in [0.05, 0.1) is 16.9 Å². The maximum atomic E-state index is 10.3. The van der Waals surface area contributed by atoms with Crippen molar-refractivity contribution >= 4 is 12.9 Å². The molecule has 1 N–H and O–H groups in total. The standard InChI is InChI=1S/C28H39BN4O2/c1-25(2,3)23-31-22(32-24(33-23)26(4,5)6)19-13-16-21(30-17-19)18-11-14-20(15-12-18)29-35-28(9,10)27(7,8)34/h11-17,29,34H,1-10H3. The van der Waals surface area contributed by atoms with E-state index < -0.39 is 11.2 Å². The van der Waals surface area contributed by atoms with Crippen molar-refractivity contribution < 1.29 is 9.76 Å². The number of benzene rings is 1. The molecular weight excluding hydrogens is 435 g/mol. The highest BCUT2D eigenvalue weighted by atomic mass is 16.5. The smallest absolute Gasteiger partial charge is 0.309 e. The number of rotatable bonds is 6. The first kappa shape index (κ1) is 27.0. The van der Waals surface area contributed by atoms with Crippen LogP contribution in [0.2, 0.25) is 0 Å². The Morgan fingerprint density at radius 1 is 0.686 bits per heavy atom. The number of aliphatic hydroxyl groups is 1. The van der Waals surface area contributed by atoms with Gasteiger partial charge in [-0.3, -0.25) is 4.98 Å². The van der Waals surface area contributed by atoms with E-state index in [-0.39, 0.29) is 10.8 Å². The number of nitrogens with zero attached hydrogens (tertiary/aromatic N) is 4. The van der Waals surface area contributed by atoms with Gasteiger partial charge in [0.25, 0.3) is 0 Å². The third-order valence-corrected chi connectivity index (χ3v) is 6.32. The fraction of sp³-hybridized carbons (Fsp3) is 0.500. The van der Waals surface area contributed by atoms with Gasteiger partial charge in [-0.15, -0.1) is 0 Å². The molecule has 0 saturated carbocycles. The van der Waals surface area contributed by atoms with Crippen LogP contribution in [0.15, 0.2) is 42.6 Å². The Bertz CT molecular complexity index is 1120. The molecule has 2 aromatic heterocycles. The van der Waals surface area contributed by atoms with Crippen LogP contribution in [0.5, 0.6) is 0 Å². The summed E-state index contributed by atoms with van der Waals surface area (Å²) in [5, 5.41) is 10.3. The molecule has 7 heteroatoms. The second-order valence-electron chi connectivity index (χ2n) is 12.3. The summed E-state index contributed by atoms with van der Waals surface area (Å²) in [5.74, 6) is 2.21. The van der Waals surface area contributed by atoms with Crippen molar-refractivity contribution in [2.75, 3.05) is 0 Å². The summed E-state index contributed by atoms with van der Waals surface area (Å²) in [6, 6.07) is 12.1. The third kappa shape index (κ3) is 6.53. The quantitative estimate of drug-likeness (QED) is 0.520. The van der Waals surface area contributed by atoms with Crippen molar-refractivity contribution in [3.8, 4) is 22.6 Å². The highest BCUT2D eigenvalue weighted by Gasteiger charge is 2.35. The second kappa shape index (κ2) is 9.43. The van der Waals surface area contributed by atoms with Crippen molar-refractivity contribution in [1.29, 1.82) is 0 Å². The van der Waals surface area contributed by atoms with E-state index in [1.807, 2.05) is 56.4 Å². The van der Waals surface area contributed by atoms with Gasteiger partial charge in [0, 0.05) is 28.2 Å². The summed E-state index contributed by atoms with van der Waals surface area (Å²) in [5.41, 5.74) is 1.85. The normalized spacial score (nSPS) is 13.1. The minimum absolute atomic E-state index is 0.182. The first-order valence-corrected chi connectivity index (χ1v) is 12.2. The molecule has 1 aromatic carbocycles. The summed E-state index contributed by atoms with van der Waals surface area (Å²) < 4.78 is 5.97. The molecule has 3 aromatic rings. The number of aromatic nitrogens is 4. The van der Waals surface area contributed by atoms with Gasteiger partial charge in [0.1, 0.15) is 11.6 Å². The predicted octanol–water partition coefficient (Wildman–Crippen LogP) is 4.74. The molecule has 0 amide bonds. The van der Waals surface area contributed by atoms with Crippen LogP contribution in [0.25, 0.3) is 22.6 Å². The van der Waals surface area contributed by atoms with E-state index in [0.717, 1.165) is 33.9 Å². The summed E-state index contributed by atoms with van der Waals surface area (Å²) in [7, 11) is 0.426.